The van der Waals surface area contributed by atoms with Gasteiger partial charge in [0.2, 0.25) is 0 Å². The molecule has 2 nitrogen and oxygen atoms in total. The molecule has 17 heavy (non-hydrogen) atoms. The van der Waals surface area contributed by atoms with Gasteiger partial charge in [-0.2, -0.15) is 0 Å². The number of nitrogens with zero attached hydrogens (tertiary/aromatic N) is 1. The Morgan fingerprint density at radius 1 is 1.06 bits per heavy atom. The average molecular weight is 245 g/mol. The lowest BCUT2D eigenvalue weighted by molar-refractivity contribution is 0.480. The molecule has 1 aromatic heterocycles. The van der Waals surface area contributed by atoms with Crippen molar-refractivity contribution in [2.45, 2.75) is 0 Å². The molecule has 0 bridgehead atoms. The fourth-order valence-corrected chi connectivity index (χ4v) is 2.70. The molecule has 0 saturated heterocycles. The Morgan fingerprint density at radius 2 is 1.88 bits per heavy atom. The number of halogens is 1. The van der Waals surface area contributed by atoms with Crippen molar-refractivity contribution in [3.8, 4) is 16.3 Å². The van der Waals surface area contributed by atoms with Crippen LogP contribution in [0.25, 0.3) is 20.8 Å². The predicted molar refractivity (Wildman–Crippen MR) is 66.7 cm³/mol. The number of para-hydroxylation sites is 1. The van der Waals surface area contributed by atoms with Crippen LogP contribution in [0.3, 0.4) is 0 Å². The summed E-state index contributed by atoms with van der Waals surface area (Å²) in [5.41, 5.74) is 0.990. The maximum atomic E-state index is 13.6. The van der Waals surface area contributed by atoms with Crippen molar-refractivity contribution in [1.82, 2.24) is 4.98 Å². The van der Waals surface area contributed by atoms with E-state index >= 15 is 0 Å². The van der Waals surface area contributed by atoms with E-state index in [0.717, 1.165) is 4.70 Å². The molecule has 3 rings (SSSR count). The molecule has 0 aliphatic rings. The molecule has 84 valence electrons. The highest BCUT2D eigenvalue weighted by molar-refractivity contribution is 7.21. The van der Waals surface area contributed by atoms with Crippen LogP contribution in [0.4, 0.5) is 4.39 Å². The quantitative estimate of drug-likeness (QED) is 0.707. The van der Waals surface area contributed by atoms with Crippen molar-refractivity contribution in [2.75, 3.05) is 0 Å². The Labute approximate surface area is 101 Å². The molecule has 0 spiro atoms. The van der Waals surface area contributed by atoms with E-state index in [2.05, 4.69) is 4.98 Å². The molecular formula is C13H8FNOS. The first-order valence-electron chi connectivity index (χ1n) is 5.09. The number of hydrogen-bond donors (Lipinski definition) is 1. The van der Waals surface area contributed by atoms with Gasteiger partial charge in [0.05, 0.1) is 4.70 Å². The Balaban J connectivity index is 2.26. The van der Waals surface area contributed by atoms with Gasteiger partial charge < -0.3 is 5.11 Å². The molecule has 1 N–H and O–H groups in total. The maximum absolute atomic E-state index is 13.6. The van der Waals surface area contributed by atoms with Crippen LogP contribution < -0.4 is 0 Å². The SMILES string of the molecule is Oc1cccc2sc(-c3ccccc3F)nc12. The molecule has 0 fully saturated rings. The number of rotatable bonds is 1. The zero-order valence-corrected chi connectivity index (χ0v) is 9.54. The number of aromatic hydroxyl groups is 1. The summed E-state index contributed by atoms with van der Waals surface area (Å²) >= 11 is 1.37. The van der Waals surface area contributed by atoms with Gasteiger partial charge in [0.1, 0.15) is 22.1 Å². The maximum Gasteiger partial charge on any atom is 0.142 e. The summed E-state index contributed by atoms with van der Waals surface area (Å²) in [6, 6.07) is 11.7. The molecular weight excluding hydrogens is 237 g/mol. The molecule has 0 amide bonds. The molecule has 1 heterocycles. The molecule has 0 saturated carbocycles. The minimum atomic E-state index is -0.300. The van der Waals surface area contributed by atoms with E-state index in [9.17, 15) is 9.50 Å². The molecule has 3 aromatic rings. The van der Waals surface area contributed by atoms with Gasteiger partial charge >= 0.3 is 0 Å². The second-order valence-corrected chi connectivity index (χ2v) is 4.65. The van der Waals surface area contributed by atoms with E-state index in [1.807, 2.05) is 6.07 Å². The summed E-state index contributed by atoms with van der Waals surface area (Å²) < 4.78 is 14.5. The lowest BCUT2D eigenvalue weighted by Gasteiger charge is -1.96. The van der Waals surface area contributed by atoms with Crippen molar-refractivity contribution < 1.29 is 9.50 Å². The molecule has 0 radical (unpaired) electrons. The smallest absolute Gasteiger partial charge is 0.142 e. The van der Waals surface area contributed by atoms with E-state index in [0.29, 0.717) is 16.1 Å². The van der Waals surface area contributed by atoms with Crippen molar-refractivity contribution in [2.24, 2.45) is 0 Å². The Morgan fingerprint density at radius 3 is 2.65 bits per heavy atom. The molecule has 2 aromatic carbocycles. The van der Waals surface area contributed by atoms with Gasteiger partial charge in [0, 0.05) is 5.56 Å². The highest BCUT2D eigenvalue weighted by atomic mass is 32.1. The van der Waals surface area contributed by atoms with Crippen LogP contribution in [0.1, 0.15) is 0 Å². The van der Waals surface area contributed by atoms with Gasteiger partial charge in [-0.1, -0.05) is 18.2 Å². The van der Waals surface area contributed by atoms with Crippen LogP contribution in [0.5, 0.6) is 5.75 Å². The third-order valence-electron chi connectivity index (χ3n) is 2.50. The number of aromatic nitrogens is 1. The van der Waals surface area contributed by atoms with E-state index in [4.69, 9.17) is 0 Å². The summed E-state index contributed by atoms with van der Waals surface area (Å²) in [7, 11) is 0. The molecule has 4 heteroatoms. The van der Waals surface area contributed by atoms with Crippen LogP contribution in [0, 0.1) is 5.82 Å². The van der Waals surface area contributed by atoms with Crippen LogP contribution in [0.15, 0.2) is 42.5 Å². The standard InChI is InChI=1S/C13H8FNOS/c14-9-5-2-1-4-8(9)13-15-12-10(16)6-3-7-11(12)17-13/h1-7,16H. The van der Waals surface area contributed by atoms with Gasteiger partial charge in [0.25, 0.3) is 0 Å². The van der Waals surface area contributed by atoms with E-state index in [1.54, 1.807) is 30.3 Å². The van der Waals surface area contributed by atoms with Crippen LogP contribution >= 0.6 is 11.3 Å². The highest BCUT2D eigenvalue weighted by Crippen LogP contribution is 2.34. The summed E-state index contributed by atoms with van der Waals surface area (Å²) in [5, 5.41) is 10.2. The zero-order valence-electron chi connectivity index (χ0n) is 8.72. The first-order valence-corrected chi connectivity index (χ1v) is 5.91. The average Bonchev–Trinajstić information content (AvgIpc) is 2.75. The Bertz CT molecular complexity index is 693. The second kappa shape index (κ2) is 3.82. The van der Waals surface area contributed by atoms with Gasteiger partial charge in [-0.15, -0.1) is 11.3 Å². The third kappa shape index (κ3) is 1.66. The van der Waals surface area contributed by atoms with Crippen LogP contribution in [-0.4, -0.2) is 10.1 Å². The monoisotopic (exact) mass is 245 g/mol. The number of hydrogen-bond acceptors (Lipinski definition) is 3. The summed E-state index contributed by atoms with van der Waals surface area (Å²) in [6.45, 7) is 0. The van der Waals surface area contributed by atoms with Crippen LogP contribution in [-0.2, 0) is 0 Å². The van der Waals surface area contributed by atoms with Crippen molar-refractivity contribution >= 4 is 21.6 Å². The van der Waals surface area contributed by atoms with Gasteiger partial charge in [-0.3, -0.25) is 0 Å². The second-order valence-electron chi connectivity index (χ2n) is 3.62. The lowest BCUT2D eigenvalue weighted by Crippen LogP contribution is -1.81. The van der Waals surface area contributed by atoms with Crippen molar-refractivity contribution in [3.63, 3.8) is 0 Å². The minimum Gasteiger partial charge on any atom is -0.506 e. The van der Waals surface area contributed by atoms with Crippen LogP contribution in [0.2, 0.25) is 0 Å². The normalized spacial score (nSPS) is 10.9. The number of fused-ring (bicyclic) bond motifs is 1. The van der Waals surface area contributed by atoms with Gasteiger partial charge in [-0.05, 0) is 24.3 Å². The lowest BCUT2D eigenvalue weighted by atomic mass is 10.2. The number of phenols is 1. The number of benzene rings is 2. The third-order valence-corrected chi connectivity index (χ3v) is 3.56. The molecule has 0 unspecified atom stereocenters. The molecule has 0 aliphatic carbocycles. The Kier molecular flexibility index (Phi) is 2.30. The molecule has 0 aliphatic heterocycles. The van der Waals surface area contributed by atoms with Gasteiger partial charge in [0.15, 0.2) is 0 Å². The Hall–Kier alpha value is -1.94. The van der Waals surface area contributed by atoms with E-state index in [1.165, 1.54) is 17.4 Å². The highest BCUT2D eigenvalue weighted by Gasteiger charge is 2.11. The predicted octanol–water partition coefficient (Wildman–Crippen LogP) is 3.81. The minimum absolute atomic E-state index is 0.126. The van der Waals surface area contributed by atoms with Gasteiger partial charge in [-0.25, -0.2) is 9.37 Å². The van der Waals surface area contributed by atoms with E-state index < -0.39 is 0 Å². The summed E-state index contributed by atoms with van der Waals surface area (Å²) in [5.74, 6) is -0.174. The largest absolute Gasteiger partial charge is 0.506 e. The summed E-state index contributed by atoms with van der Waals surface area (Å²) in [6.07, 6.45) is 0. The topological polar surface area (TPSA) is 33.1 Å². The first kappa shape index (κ1) is 10.2. The van der Waals surface area contributed by atoms with E-state index in [-0.39, 0.29) is 11.6 Å². The number of phenolic OH excluding ortho intramolecular Hbond substituents is 1. The first-order chi connectivity index (χ1) is 8.25. The fraction of sp³-hybridized carbons (Fsp3) is 0. The zero-order chi connectivity index (χ0) is 11.8. The van der Waals surface area contributed by atoms with Crippen molar-refractivity contribution in [1.29, 1.82) is 0 Å². The fourth-order valence-electron chi connectivity index (χ4n) is 1.68. The number of thiazole rings is 1. The van der Waals surface area contributed by atoms with Crippen molar-refractivity contribution in [3.05, 3.63) is 48.3 Å². The molecule has 0 atom stereocenters. The summed E-state index contributed by atoms with van der Waals surface area (Å²) in [4.78, 5) is 4.27.